The minimum Gasteiger partial charge on any atom is -0.497 e. The summed E-state index contributed by atoms with van der Waals surface area (Å²) in [4.78, 5) is 25.5. The number of nitrogens with one attached hydrogen (secondary N) is 2. The van der Waals surface area contributed by atoms with Gasteiger partial charge >= 0.3 is 0 Å². The summed E-state index contributed by atoms with van der Waals surface area (Å²) in [5, 5.41) is 6.16. The fourth-order valence-corrected chi connectivity index (χ4v) is 3.56. The molecule has 0 spiro atoms. The second-order valence-corrected chi connectivity index (χ2v) is 7.87. The van der Waals surface area contributed by atoms with Crippen LogP contribution in [0.1, 0.15) is 10.4 Å². The number of thioether (sulfide) groups is 1. The fraction of sp³-hybridized carbons (Fsp3) is 0.130. The van der Waals surface area contributed by atoms with Crippen molar-refractivity contribution in [1.29, 1.82) is 0 Å². The summed E-state index contributed by atoms with van der Waals surface area (Å²) >= 11 is 7.37. The highest BCUT2D eigenvalue weighted by atomic mass is 35.5. The second kappa shape index (κ2) is 10.7. The maximum absolute atomic E-state index is 12.3. The van der Waals surface area contributed by atoms with Gasteiger partial charge in [0.1, 0.15) is 11.5 Å². The summed E-state index contributed by atoms with van der Waals surface area (Å²) in [5.41, 5.74) is 1.72. The lowest BCUT2D eigenvalue weighted by Gasteiger charge is -2.10. The van der Waals surface area contributed by atoms with Crippen molar-refractivity contribution in [3.8, 4) is 11.5 Å². The number of anilines is 2. The summed E-state index contributed by atoms with van der Waals surface area (Å²) in [7, 11) is 3.11. The van der Waals surface area contributed by atoms with Gasteiger partial charge in [-0.25, -0.2) is 0 Å². The maximum atomic E-state index is 12.3. The minimum absolute atomic E-state index is 0.178. The molecule has 6 nitrogen and oxygen atoms in total. The van der Waals surface area contributed by atoms with Crippen molar-refractivity contribution < 1.29 is 19.1 Å². The largest absolute Gasteiger partial charge is 0.497 e. The van der Waals surface area contributed by atoms with Crippen LogP contribution in [0.4, 0.5) is 11.4 Å². The van der Waals surface area contributed by atoms with Gasteiger partial charge in [0.25, 0.3) is 5.91 Å². The molecule has 0 bridgehead atoms. The number of amides is 2. The average molecular weight is 457 g/mol. The number of ether oxygens (including phenoxy) is 2. The lowest BCUT2D eigenvalue weighted by atomic mass is 10.2. The number of carbonyl (C=O) groups excluding carboxylic acids is 2. The molecule has 8 heteroatoms. The lowest BCUT2D eigenvalue weighted by molar-refractivity contribution is -0.113. The number of rotatable bonds is 8. The number of halogens is 1. The van der Waals surface area contributed by atoms with Gasteiger partial charge in [0, 0.05) is 21.2 Å². The molecule has 0 aliphatic heterocycles. The molecule has 0 unspecified atom stereocenters. The van der Waals surface area contributed by atoms with Crippen molar-refractivity contribution in [1.82, 2.24) is 0 Å². The Kier molecular flexibility index (Phi) is 7.81. The smallest absolute Gasteiger partial charge is 0.255 e. The predicted octanol–water partition coefficient (Wildman–Crippen LogP) is 5.34. The van der Waals surface area contributed by atoms with Crippen molar-refractivity contribution in [3.05, 3.63) is 77.3 Å². The molecule has 3 rings (SSSR count). The zero-order valence-corrected chi connectivity index (χ0v) is 18.5. The molecule has 3 aromatic rings. The van der Waals surface area contributed by atoms with Crippen LogP contribution in [-0.2, 0) is 4.79 Å². The Labute approximate surface area is 189 Å². The number of hydrogen-bond acceptors (Lipinski definition) is 5. The van der Waals surface area contributed by atoms with Crippen LogP contribution < -0.4 is 20.1 Å². The third kappa shape index (κ3) is 6.41. The molecule has 0 aliphatic carbocycles. The first kappa shape index (κ1) is 22.5. The van der Waals surface area contributed by atoms with Crippen molar-refractivity contribution in [2.75, 3.05) is 30.6 Å². The molecule has 0 aliphatic rings. The normalized spacial score (nSPS) is 10.3. The molecule has 0 saturated carbocycles. The average Bonchev–Trinajstić information content (AvgIpc) is 2.79. The van der Waals surface area contributed by atoms with Gasteiger partial charge in [-0.2, -0.15) is 0 Å². The Morgan fingerprint density at radius 3 is 2.26 bits per heavy atom. The van der Waals surface area contributed by atoms with Gasteiger partial charge in [0.15, 0.2) is 0 Å². The maximum Gasteiger partial charge on any atom is 0.255 e. The Bertz CT molecular complexity index is 1060. The van der Waals surface area contributed by atoms with Crippen molar-refractivity contribution >= 4 is 46.6 Å². The van der Waals surface area contributed by atoms with E-state index >= 15 is 0 Å². The molecule has 160 valence electrons. The standard InChI is InChI=1S/C23H21ClN2O4S/c1-29-18-8-3-15(4-9-18)23(28)25-17-6-10-19(11-7-17)31-14-22(27)26-20-13-16(24)5-12-21(20)30-2/h3-13H,14H2,1-2H3,(H,25,28)(H,26,27). The van der Waals surface area contributed by atoms with Gasteiger partial charge in [-0.05, 0) is 66.7 Å². The van der Waals surface area contributed by atoms with E-state index in [4.69, 9.17) is 21.1 Å². The number of carbonyl (C=O) groups is 2. The van der Waals surface area contributed by atoms with E-state index in [1.54, 1.807) is 61.7 Å². The van der Waals surface area contributed by atoms with E-state index in [9.17, 15) is 9.59 Å². The van der Waals surface area contributed by atoms with E-state index in [0.29, 0.717) is 33.5 Å². The highest BCUT2D eigenvalue weighted by Gasteiger charge is 2.10. The minimum atomic E-state index is -0.210. The summed E-state index contributed by atoms with van der Waals surface area (Å²) in [6.45, 7) is 0. The Balaban J connectivity index is 1.52. The highest BCUT2D eigenvalue weighted by molar-refractivity contribution is 8.00. The first-order chi connectivity index (χ1) is 15.0. The van der Waals surface area contributed by atoms with E-state index in [-0.39, 0.29) is 17.6 Å². The Morgan fingerprint density at radius 2 is 1.61 bits per heavy atom. The Hall–Kier alpha value is -3.16. The van der Waals surface area contributed by atoms with Crippen LogP contribution in [-0.4, -0.2) is 31.8 Å². The summed E-state index contributed by atoms with van der Waals surface area (Å²) in [6.07, 6.45) is 0. The van der Waals surface area contributed by atoms with Crippen LogP contribution in [0, 0.1) is 0 Å². The Morgan fingerprint density at radius 1 is 0.903 bits per heavy atom. The van der Waals surface area contributed by atoms with Crippen LogP contribution in [0.5, 0.6) is 11.5 Å². The number of hydrogen-bond donors (Lipinski definition) is 2. The first-order valence-corrected chi connectivity index (χ1v) is 10.7. The van der Waals surface area contributed by atoms with E-state index in [2.05, 4.69) is 10.6 Å². The van der Waals surface area contributed by atoms with Crippen LogP contribution in [0.3, 0.4) is 0 Å². The van der Waals surface area contributed by atoms with E-state index < -0.39 is 0 Å². The molecular formula is C23H21ClN2O4S. The molecule has 3 aromatic carbocycles. The van der Waals surface area contributed by atoms with Gasteiger partial charge in [-0.3, -0.25) is 9.59 Å². The molecule has 31 heavy (non-hydrogen) atoms. The third-order valence-electron chi connectivity index (χ3n) is 4.27. The lowest BCUT2D eigenvalue weighted by Crippen LogP contribution is -2.14. The summed E-state index contributed by atoms with van der Waals surface area (Å²) in [6, 6.07) is 19.2. The quantitative estimate of drug-likeness (QED) is 0.447. The molecule has 0 aromatic heterocycles. The second-order valence-electron chi connectivity index (χ2n) is 6.39. The van der Waals surface area contributed by atoms with Crippen molar-refractivity contribution in [3.63, 3.8) is 0 Å². The van der Waals surface area contributed by atoms with E-state index in [1.165, 1.54) is 18.9 Å². The van der Waals surface area contributed by atoms with Gasteiger partial charge in [0.05, 0.1) is 25.7 Å². The number of benzene rings is 3. The van der Waals surface area contributed by atoms with Crippen LogP contribution in [0.2, 0.25) is 5.02 Å². The molecule has 0 atom stereocenters. The van der Waals surface area contributed by atoms with Gasteiger partial charge < -0.3 is 20.1 Å². The highest BCUT2D eigenvalue weighted by Crippen LogP contribution is 2.28. The summed E-state index contributed by atoms with van der Waals surface area (Å²) < 4.78 is 10.3. The molecule has 2 amide bonds. The molecule has 0 radical (unpaired) electrons. The summed E-state index contributed by atoms with van der Waals surface area (Å²) in [5.74, 6) is 1.06. The third-order valence-corrected chi connectivity index (χ3v) is 5.52. The van der Waals surface area contributed by atoms with Gasteiger partial charge in [-0.15, -0.1) is 11.8 Å². The molecular weight excluding hydrogens is 436 g/mol. The van der Waals surface area contributed by atoms with Gasteiger partial charge in [0.2, 0.25) is 5.91 Å². The topological polar surface area (TPSA) is 76.7 Å². The van der Waals surface area contributed by atoms with Crippen LogP contribution >= 0.6 is 23.4 Å². The number of methoxy groups -OCH3 is 2. The molecule has 2 N–H and O–H groups in total. The van der Waals surface area contributed by atoms with Crippen LogP contribution in [0.15, 0.2) is 71.6 Å². The molecule has 0 saturated heterocycles. The van der Waals surface area contributed by atoms with E-state index in [1.807, 2.05) is 12.1 Å². The molecule has 0 heterocycles. The predicted molar refractivity (Wildman–Crippen MR) is 125 cm³/mol. The van der Waals surface area contributed by atoms with Crippen molar-refractivity contribution in [2.24, 2.45) is 0 Å². The van der Waals surface area contributed by atoms with E-state index in [0.717, 1.165) is 4.90 Å². The van der Waals surface area contributed by atoms with Crippen LogP contribution in [0.25, 0.3) is 0 Å². The fourth-order valence-electron chi connectivity index (χ4n) is 2.69. The first-order valence-electron chi connectivity index (χ1n) is 9.30. The SMILES string of the molecule is COc1ccc(C(=O)Nc2ccc(SCC(=O)Nc3cc(Cl)ccc3OC)cc2)cc1. The van der Waals surface area contributed by atoms with Crippen molar-refractivity contribution in [2.45, 2.75) is 4.90 Å². The monoisotopic (exact) mass is 456 g/mol. The zero-order chi connectivity index (χ0) is 22.2. The molecule has 0 fully saturated rings. The van der Waals surface area contributed by atoms with Gasteiger partial charge in [-0.1, -0.05) is 11.6 Å². The zero-order valence-electron chi connectivity index (χ0n) is 17.0.